The third kappa shape index (κ3) is 4.15. The molecule has 1 N–H and O–H groups in total. The number of hydrogen-bond donors (Lipinski definition) is 1. The van der Waals surface area contributed by atoms with E-state index in [-0.39, 0.29) is 12.4 Å². The van der Waals surface area contributed by atoms with E-state index in [1.165, 1.54) is 34.0 Å². The van der Waals surface area contributed by atoms with Crippen LogP contribution in [0.15, 0.2) is 66.7 Å². The molecule has 4 rings (SSSR count). The first-order valence-electron chi connectivity index (χ1n) is 8.81. The Balaban J connectivity index is 0.00000182. The van der Waals surface area contributed by atoms with Gasteiger partial charge in [-0.05, 0) is 41.8 Å². The van der Waals surface area contributed by atoms with Gasteiger partial charge in [0.15, 0.2) is 0 Å². The molecule has 25 heavy (non-hydrogen) atoms. The smallest absolute Gasteiger partial charge is 0.0373 e. The normalized spacial score (nSPS) is 16.8. The Morgan fingerprint density at radius 1 is 0.960 bits per heavy atom. The van der Waals surface area contributed by atoms with Crippen LogP contribution in [0, 0.1) is 6.92 Å². The quantitative estimate of drug-likeness (QED) is 0.715. The second kappa shape index (κ2) is 7.90. The predicted molar refractivity (Wildman–Crippen MR) is 110 cm³/mol. The summed E-state index contributed by atoms with van der Waals surface area (Å²) in [6.07, 6.45) is 1.21. The molecule has 0 spiro atoms. The lowest BCUT2D eigenvalue weighted by atomic mass is 10.1. The zero-order valence-corrected chi connectivity index (χ0v) is 15.4. The number of aryl methyl sites for hydroxylation is 1. The van der Waals surface area contributed by atoms with Crippen molar-refractivity contribution in [3.05, 3.63) is 77.9 Å². The van der Waals surface area contributed by atoms with Crippen molar-refractivity contribution >= 4 is 28.9 Å². The van der Waals surface area contributed by atoms with E-state index in [0.717, 1.165) is 19.6 Å². The van der Waals surface area contributed by atoms with Crippen LogP contribution in [0.3, 0.4) is 0 Å². The lowest BCUT2D eigenvalue weighted by Crippen LogP contribution is -2.32. The summed E-state index contributed by atoms with van der Waals surface area (Å²) >= 11 is 0. The van der Waals surface area contributed by atoms with E-state index in [1.807, 2.05) is 0 Å². The molecule has 3 aromatic carbocycles. The zero-order chi connectivity index (χ0) is 16.4. The number of fused-ring (bicyclic) bond motifs is 1. The van der Waals surface area contributed by atoms with Gasteiger partial charge in [-0.2, -0.15) is 0 Å². The summed E-state index contributed by atoms with van der Waals surface area (Å²) in [6.45, 7) is 5.31. The molecular weight excluding hydrogens is 328 g/mol. The lowest BCUT2D eigenvalue weighted by Gasteiger charge is -2.20. The van der Waals surface area contributed by atoms with Crippen LogP contribution in [0.4, 0.5) is 5.69 Å². The van der Waals surface area contributed by atoms with Crippen LogP contribution in [0.1, 0.15) is 17.5 Å². The molecule has 0 amide bonds. The number of nitrogens with zero attached hydrogens (tertiary/aromatic N) is 1. The first-order valence-corrected chi connectivity index (χ1v) is 8.81. The first-order chi connectivity index (χ1) is 11.8. The van der Waals surface area contributed by atoms with Gasteiger partial charge in [0.25, 0.3) is 0 Å². The molecule has 0 radical (unpaired) electrons. The van der Waals surface area contributed by atoms with Crippen molar-refractivity contribution in [2.24, 2.45) is 0 Å². The summed E-state index contributed by atoms with van der Waals surface area (Å²) in [7, 11) is 0. The molecule has 1 saturated heterocycles. The van der Waals surface area contributed by atoms with Crippen molar-refractivity contribution in [1.82, 2.24) is 5.32 Å². The summed E-state index contributed by atoms with van der Waals surface area (Å²) in [5.74, 6) is 0. The van der Waals surface area contributed by atoms with Crippen molar-refractivity contribution < 1.29 is 0 Å². The van der Waals surface area contributed by atoms with E-state index in [0.29, 0.717) is 6.04 Å². The van der Waals surface area contributed by atoms with Gasteiger partial charge in [-0.3, -0.25) is 0 Å². The number of anilines is 1. The third-order valence-corrected chi connectivity index (χ3v) is 5.00. The Morgan fingerprint density at radius 2 is 1.72 bits per heavy atom. The van der Waals surface area contributed by atoms with Crippen LogP contribution < -0.4 is 10.2 Å². The van der Waals surface area contributed by atoms with Crippen LogP contribution in [-0.4, -0.2) is 19.1 Å². The Labute approximate surface area is 156 Å². The molecule has 1 aliphatic heterocycles. The molecule has 0 aliphatic carbocycles. The first kappa shape index (κ1) is 17.8. The average Bonchev–Trinajstić information content (AvgIpc) is 3.10. The van der Waals surface area contributed by atoms with E-state index in [4.69, 9.17) is 0 Å². The molecule has 1 atom stereocenters. The summed E-state index contributed by atoms with van der Waals surface area (Å²) in [5, 5.41) is 6.35. The van der Waals surface area contributed by atoms with Crippen molar-refractivity contribution in [2.75, 3.05) is 18.0 Å². The van der Waals surface area contributed by atoms with E-state index in [1.54, 1.807) is 0 Å². The monoisotopic (exact) mass is 352 g/mol. The SMILES string of the molecule is Cc1ccc(CNC2CCN(c3ccc4ccccc4c3)C2)cc1.Cl. The molecule has 1 unspecified atom stereocenters. The molecule has 0 saturated carbocycles. The van der Waals surface area contributed by atoms with E-state index in [9.17, 15) is 0 Å². The fraction of sp³-hybridized carbons (Fsp3) is 0.273. The summed E-state index contributed by atoms with van der Waals surface area (Å²) in [6, 6.07) is 24.8. The van der Waals surface area contributed by atoms with Gasteiger partial charge in [0.1, 0.15) is 0 Å². The van der Waals surface area contributed by atoms with E-state index >= 15 is 0 Å². The summed E-state index contributed by atoms with van der Waals surface area (Å²) in [5.41, 5.74) is 4.03. The molecular formula is C22H25ClN2. The van der Waals surface area contributed by atoms with Gasteiger partial charge in [-0.25, -0.2) is 0 Å². The highest BCUT2D eigenvalue weighted by Crippen LogP contribution is 2.25. The molecule has 0 bridgehead atoms. The number of halogens is 1. The summed E-state index contributed by atoms with van der Waals surface area (Å²) < 4.78 is 0. The molecule has 1 heterocycles. The highest BCUT2D eigenvalue weighted by atomic mass is 35.5. The molecule has 3 heteroatoms. The van der Waals surface area contributed by atoms with E-state index < -0.39 is 0 Å². The average molecular weight is 353 g/mol. The fourth-order valence-corrected chi connectivity index (χ4v) is 3.50. The Kier molecular flexibility index (Phi) is 5.62. The van der Waals surface area contributed by atoms with Gasteiger partial charge in [-0.1, -0.05) is 60.2 Å². The second-order valence-corrected chi connectivity index (χ2v) is 6.83. The van der Waals surface area contributed by atoms with Gasteiger partial charge < -0.3 is 10.2 Å². The van der Waals surface area contributed by atoms with Crippen LogP contribution in [-0.2, 0) is 6.54 Å². The molecule has 0 aromatic heterocycles. The highest BCUT2D eigenvalue weighted by molar-refractivity contribution is 5.86. The second-order valence-electron chi connectivity index (χ2n) is 6.83. The maximum Gasteiger partial charge on any atom is 0.0373 e. The minimum atomic E-state index is 0. The van der Waals surface area contributed by atoms with Crippen molar-refractivity contribution in [3.63, 3.8) is 0 Å². The standard InChI is InChI=1S/C22H24N2.ClH/c1-17-6-8-18(9-7-17)15-23-21-12-13-24(16-21)22-11-10-19-4-2-3-5-20(19)14-22;/h2-11,14,21,23H,12-13,15-16H2,1H3;1H. The van der Waals surface area contributed by atoms with Gasteiger partial charge in [0.2, 0.25) is 0 Å². The predicted octanol–water partition coefficient (Wildman–Crippen LogP) is 4.94. The Hall–Kier alpha value is -2.03. The molecule has 130 valence electrons. The topological polar surface area (TPSA) is 15.3 Å². The van der Waals surface area contributed by atoms with Gasteiger partial charge in [0.05, 0.1) is 0 Å². The number of nitrogens with one attached hydrogen (secondary N) is 1. The van der Waals surface area contributed by atoms with Crippen molar-refractivity contribution in [3.8, 4) is 0 Å². The molecule has 1 fully saturated rings. The Morgan fingerprint density at radius 3 is 2.52 bits per heavy atom. The van der Waals surface area contributed by atoms with Crippen LogP contribution in [0.2, 0.25) is 0 Å². The lowest BCUT2D eigenvalue weighted by molar-refractivity contribution is 0.551. The maximum atomic E-state index is 3.71. The number of hydrogen-bond acceptors (Lipinski definition) is 2. The van der Waals surface area contributed by atoms with Crippen molar-refractivity contribution in [2.45, 2.75) is 25.9 Å². The molecule has 1 aliphatic rings. The van der Waals surface area contributed by atoms with Gasteiger partial charge in [-0.15, -0.1) is 12.4 Å². The number of benzene rings is 3. The van der Waals surface area contributed by atoms with Crippen LogP contribution in [0.25, 0.3) is 10.8 Å². The number of rotatable bonds is 4. The van der Waals surface area contributed by atoms with Crippen LogP contribution in [0.5, 0.6) is 0 Å². The molecule has 3 aromatic rings. The van der Waals surface area contributed by atoms with Crippen LogP contribution >= 0.6 is 12.4 Å². The Bertz CT molecular complexity index is 829. The van der Waals surface area contributed by atoms with Gasteiger partial charge >= 0.3 is 0 Å². The minimum absolute atomic E-state index is 0. The molecule has 2 nitrogen and oxygen atoms in total. The van der Waals surface area contributed by atoms with Gasteiger partial charge in [0, 0.05) is 31.4 Å². The van der Waals surface area contributed by atoms with E-state index in [2.05, 4.69) is 83.9 Å². The third-order valence-electron chi connectivity index (χ3n) is 5.00. The van der Waals surface area contributed by atoms with Crippen molar-refractivity contribution in [1.29, 1.82) is 0 Å². The minimum Gasteiger partial charge on any atom is -0.370 e. The largest absolute Gasteiger partial charge is 0.370 e. The summed E-state index contributed by atoms with van der Waals surface area (Å²) in [4.78, 5) is 2.50. The maximum absolute atomic E-state index is 3.71. The highest BCUT2D eigenvalue weighted by Gasteiger charge is 2.22. The zero-order valence-electron chi connectivity index (χ0n) is 14.6. The fourth-order valence-electron chi connectivity index (χ4n) is 3.50.